The van der Waals surface area contributed by atoms with Crippen molar-refractivity contribution in [3.05, 3.63) is 47.5 Å². The summed E-state index contributed by atoms with van der Waals surface area (Å²) < 4.78 is 6.04. The van der Waals surface area contributed by atoms with E-state index in [0.29, 0.717) is 17.4 Å². The lowest BCUT2D eigenvalue weighted by molar-refractivity contribution is -0.0502. The standard InChI is InChI=1S/C31H44N2O2/c1-21-26-12-13-28-25-11-10-23-18-24(35-29(34)32(3)19-22-8-6-5-7-9-22)14-16-30(23,2)27(25)15-17-31(26,28)20-33(21)4/h5-10,21,24-28H,11-20H2,1-4H3/t21-,24-,25+,26+,27-,28-,30-,31?/m0/s1. The second-order valence-corrected chi connectivity index (χ2v) is 13.0. The molecular weight excluding hydrogens is 432 g/mol. The van der Waals surface area contributed by atoms with Crippen molar-refractivity contribution in [1.29, 1.82) is 0 Å². The van der Waals surface area contributed by atoms with Gasteiger partial charge in [0.25, 0.3) is 0 Å². The van der Waals surface area contributed by atoms with Gasteiger partial charge in [0.15, 0.2) is 0 Å². The van der Waals surface area contributed by atoms with E-state index in [-0.39, 0.29) is 12.2 Å². The number of fused-ring (bicyclic) bond motifs is 4. The summed E-state index contributed by atoms with van der Waals surface area (Å²) in [5.74, 6) is 3.50. The van der Waals surface area contributed by atoms with Gasteiger partial charge in [-0.1, -0.05) is 48.9 Å². The fourth-order valence-corrected chi connectivity index (χ4v) is 9.68. The number of hydrogen-bond acceptors (Lipinski definition) is 3. The normalized spacial score (nSPS) is 42.3. The van der Waals surface area contributed by atoms with Crippen LogP contribution in [0.25, 0.3) is 0 Å². The van der Waals surface area contributed by atoms with Crippen LogP contribution in [0, 0.1) is 34.5 Å². The van der Waals surface area contributed by atoms with Gasteiger partial charge in [-0.2, -0.15) is 0 Å². The first kappa shape index (κ1) is 23.6. The molecule has 5 aliphatic rings. The Bertz CT molecular complexity index is 991. The first-order valence-corrected chi connectivity index (χ1v) is 14.2. The molecule has 3 saturated carbocycles. The van der Waals surface area contributed by atoms with Crippen LogP contribution >= 0.6 is 0 Å². The predicted octanol–water partition coefficient (Wildman–Crippen LogP) is 6.52. The van der Waals surface area contributed by atoms with E-state index in [0.717, 1.165) is 48.1 Å². The van der Waals surface area contributed by atoms with Crippen molar-refractivity contribution < 1.29 is 9.53 Å². The second-order valence-electron chi connectivity index (χ2n) is 13.0. The van der Waals surface area contributed by atoms with Crippen molar-refractivity contribution in [2.24, 2.45) is 34.5 Å². The molecule has 4 nitrogen and oxygen atoms in total. The van der Waals surface area contributed by atoms with E-state index in [4.69, 9.17) is 4.74 Å². The minimum Gasteiger partial charge on any atom is -0.446 e. The number of allylic oxidation sites excluding steroid dienone is 1. The predicted molar refractivity (Wildman–Crippen MR) is 140 cm³/mol. The van der Waals surface area contributed by atoms with Gasteiger partial charge in [-0.25, -0.2) is 4.79 Å². The van der Waals surface area contributed by atoms with Gasteiger partial charge in [0.1, 0.15) is 6.10 Å². The number of carbonyl (C=O) groups excluding carboxylic acids is 1. The Hall–Kier alpha value is -1.81. The summed E-state index contributed by atoms with van der Waals surface area (Å²) in [6.45, 7) is 6.96. The molecule has 190 valence electrons. The van der Waals surface area contributed by atoms with Crippen molar-refractivity contribution in [2.75, 3.05) is 20.6 Å². The summed E-state index contributed by atoms with van der Waals surface area (Å²) >= 11 is 0. The second kappa shape index (κ2) is 8.64. The number of nitrogens with zero attached hydrogens (tertiary/aromatic N) is 2. The fourth-order valence-electron chi connectivity index (χ4n) is 9.68. The van der Waals surface area contributed by atoms with Crippen LogP contribution in [0.5, 0.6) is 0 Å². The number of likely N-dealkylation sites (tertiary alicyclic amines) is 1. The van der Waals surface area contributed by atoms with Gasteiger partial charge in [-0.3, -0.25) is 0 Å². The van der Waals surface area contributed by atoms with E-state index < -0.39 is 0 Å². The average molecular weight is 477 g/mol. The lowest BCUT2D eigenvalue weighted by Gasteiger charge is -2.58. The molecule has 4 heteroatoms. The Balaban J connectivity index is 1.13. The quantitative estimate of drug-likeness (QED) is 0.466. The molecule has 1 aliphatic heterocycles. The number of ether oxygens (including phenoxy) is 1. The SMILES string of the molecule is C[C@H]1[C@H]2CC[C@H]3[C@@H]4CC=C5C[C@@H](OC(=O)N(C)Cc6ccccc6)CC[C@]5(C)[C@H]4CCC23CN1C. The van der Waals surface area contributed by atoms with Gasteiger partial charge < -0.3 is 14.5 Å². The highest BCUT2D eigenvalue weighted by Crippen LogP contribution is 2.68. The van der Waals surface area contributed by atoms with Crippen LogP contribution in [-0.4, -0.2) is 48.7 Å². The molecule has 35 heavy (non-hydrogen) atoms. The molecule has 4 aliphatic carbocycles. The monoisotopic (exact) mass is 476 g/mol. The molecule has 1 heterocycles. The summed E-state index contributed by atoms with van der Waals surface area (Å²) in [6, 6.07) is 10.9. The van der Waals surface area contributed by atoms with Crippen LogP contribution in [-0.2, 0) is 11.3 Å². The van der Waals surface area contributed by atoms with Gasteiger partial charge in [0.05, 0.1) is 0 Å². The summed E-state index contributed by atoms with van der Waals surface area (Å²) in [7, 11) is 4.21. The third kappa shape index (κ3) is 3.69. The van der Waals surface area contributed by atoms with E-state index in [1.807, 2.05) is 25.2 Å². The summed E-state index contributed by atoms with van der Waals surface area (Å²) in [5.41, 5.74) is 3.62. The Kier molecular flexibility index (Phi) is 5.82. The molecule has 1 amide bonds. The van der Waals surface area contributed by atoms with Crippen LogP contribution in [0.2, 0.25) is 0 Å². The van der Waals surface area contributed by atoms with Crippen LogP contribution < -0.4 is 0 Å². The maximum atomic E-state index is 12.8. The molecule has 0 bridgehead atoms. The Labute approximate surface area is 212 Å². The number of amides is 1. The van der Waals surface area contributed by atoms with Crippen molar-refractivity contribution in [3.63, 3.8) is 0 Å². The van der Waals surface area contributed by atoms with Gasteiger partial charge in [-0.15, -0.1) is 0 Å². The molecule has 1 spiro atoms. The number of rotatable bonds is 3. The average Bonchev–Trinajstić information content (AvgIpc) is 3.33. The molecule has 0 aromatic heterocycles. The highest BCUT2D eigenvalue weighted by atomic mass is 16.6. The van der Waals surface area contributed by atoms with E-state index >= 15 is 0 Å². The lowest BCUT2D eigenvalue weighted by atomic mass is 9.47. The molecule has 1 unspecified atom stereocenters. The maximum absolute atomic E-state index is 12.8. The Morgan fingerprint density at radius 1 is 1.09 bits per heavy atom. The molecule has 6 rings (SSSR count). The third-order valence-corrected chi connectivity index (χ3v) is 11.5. The third-order valence-electron chi connectivity index (χ3n) is 11.5. The van der Waals surface area contributed by atoms with Crippen LogP contribution in [0.15, 0.2) is 42.0 Å². The first-order valence-electron chi connectivity index (χ1n) is 14.2. The molecule has 1 saturated heterocycles. The molecule has 0 N–H and O–H groups in total. The molecular formula is C31H44N2O2. The number of hydrogen-bond donors (Lipinski definition) is 0. The summed E-state index contributed by atoms with van der Waals surface area (Å²) in [6.07, 6.45) is 12.5. The molecule has 4 fully saturated rings. The van der Waals surface area contributed by atoms with Crippen molar-refractivity contribution >= 4 is 6.09 Å². The lowest BCUT2D eigenvalue weighted by Crippen LogP contribution is -2.52. The summed E-state index contributed by atoms with van der Waals surface area (Å²) in [5, 5.41) is 0. The van der Waals surface area contributed by atoms with Crippen LogP contribution in [0.1, 0.15) is 70.8 Å². The Morgan fingerprint density at radius 3 is 2.66 bits per heavy atom. The Morgan fingerprint density at radius 2 is 1.86 bits per heavy atom. The zero-order valence-electron chi connectivity index (χ0n) is 22.2. The van der Waals surface area contributed by atoms with Gasteiger partial charge in [0.2, 0.25) is 0 Å². The van der Waals surface area contributed by atoms with E-state index in [1.54, 1.807) is 10.5 Å². The van der Waals surface area contributed by atoms with Crippen LogP contribution in [0.3, 0.4) is 0 Å². The molecule has 1 aromatic carbocycles. The highest BCUT2D eigenvalue weighted by Gasteiger charge is 2.64. The van der Waals surface area contributed by atoms with Crippen molar-refractivity contribution in [3.8, 4) is 0 Å². The molecule has 1 aromatic rings. The maximum Gasteiger partial charge on any atom is 0.410 e. The smallest absolute Gasteiger partial charge is 0.410 e. The van der Waals surface area contributed by atoms with Crippen molar-refractivity contribution in [1.82, 2.24) is 9.80 Å². The largest absolute Gasteiger partial charge is 0.446 e. The van der Waals surface area contributed by atoms with Gasteiger partial charge >= 0.3 is 6.09 Å². The topological polar surface area (TPSA) is 32.8 Å². The zero-order chi connectivity index (χ0) is 24.4. The minimum atomic E-state index is -0.187. The van der Waals surface area contributed by atoms with Crippen LogP contribution in [0.4, 0.5) is 4.79 Å². The number of benzene rings is 1. The fraction of sp³-hybridized carbons (Fsp3) is 0.710. The molecule has 0 radical (unpaired) electrons. The first-order chi connectivity index (χ1) is 16.8. The van der Waals surface area contributed by atoms with E-state index in [1.165, 1.54) is 45.1 Å². The molecule has 8 atom stereocenters. The number of carbonyl (C=O) groups is 1. The van der Waals surface area contributed by atoms with Gasteiger partial charge in [0, 0.05) is 32.6 Å². The summed E-state index contributed by atoms with van der Waals surface area (Å²) in [4.78, 5) is 17.2. The minimum absolute atomic E-state index is 0.0201. The zero-order valence-corrected chi connectivity index (χ0v) is 22.2. The highest BCUT2D eigenvalue weighted by molar-refractivity contribution is 5.67. The van der Waals surface area contributed by atoms with Gasteiger partial charge in [-0.05, 0) is 99.0 Å². The van der Waals surface area contributed by atoms with Crippen molar-refractivity contribution in [2.45, 2.75) is 83.9 Å². The van der Waals surface area contributed by atoms with E-state index in [9.17, 15) is 4.79 Å². The van der Waals surface area contributed by atoms with E-state index in [2.05, 4.69) is 44.0 Å².